The first-order valence-corrected chi connectivity index (χ1v) is 8.63. The molecule has 0 aliphatic rings. The van der Waals surface area contributed by atoms with E-state index in [9.17, 15) is 8.78 Å². The fourth-order valence-corrected chi connectivity index (χ4v) is 3.04. The van der Waals surface area contributed by atoms with Crippen LogP contribution in [0.4, 0.5) is 8.78 Å². The molecule has 120 valence electrons. The summed E-state index contributed by atoms with van der Waals surface area (Å²) in [6.45, 7) is 2.00. The van der Waals surface area contributed by atoms with Gasteiger partial charge in [-0.25, -0.2) is 8.78 Å². The fraction of sp³-hybridized carbons (Fsp3) is 0.600. The minimum absolute atomic E-state index is 0.101. The largest absolute Gasteiger partial charge is 0.483 e. The van der Waals surface area contributed by atoms with Gasteiger partial charge in [0.2, 0.25) is 0 Å². The highest BCUT2D eigenvalue weighted by molar-refractivity contribution is 6.36. The molecule has 1 aromatic carbocycles. The van der Waals surface area contributed by atoms with E-state index in [1.165, 1.54) is 12.1 Å². The van der Waals surface area contributed by atoms with E-state index < -0.39 is 21.2 Å². The summed E-state index contributed by atoms with van der Waals surface area (Å²) < 4.78 is 42.0. The van der Waals surface area contributed by atoms with Crippen LogP contribution in [-0.2, 0) is 19.7 Å². The molecule has 0 bridgehead atoms. The van der Waals surface area contributed by atoms with E-state index in [1.807, 2.05) is 6.92 Å². The third kappa shape index (κ3) is 7.13. The van der Waals surface area contributed by atoms with E-state index in [4.69, 9.17) is 13.3 Å². The summed E-state index contributed by atoms with van der Waals surface area (Å²) >= 11 is 0. The molecule has 0 N–H and O–H groups in total. The van der Waals surface area contributed by atoms with E-state index in [0.29, 0.717) is 12.0 Å². The Bertz CT molecular complexity index is 414. The van der Waals surface area contributed by atoms with Gasteiger partial charge in [-0.05, 0) is 37.8 Å². The molecular weight excluding hydrogens is 294 g/mol. The molecule has 0 saturated heterocycles. The van der Waals surface area contributed by atoms with E-state index in [2.05, 4.69) is 0 Å². The quantitative estimate of drug-likeness (QED) is 0.488. The molecule has 0 aliphatic heterocycles. The number of rotatable bonds is 10. The summed E-state index contributed by atoms with van der Waals surface area (Å²) in [7, 11) is 1.22. The zero-order chi connectivity index (χ0) is 15.7. The van der Waals surface area contributed by atoms with Crippen molar-refractivity contribution in [1.82, 2.24) is 0 Å². The molecule has 0 fully saturated rings. The zero-order valence-electron chi connectivity index (χ0n) is 12.9. The molecule has 0 aromatic heterocycles. The summed E-state index contributed by atoms with van der Waals surface area (Å²) in [6, 6.07) is 3.75. The average molecular weight is 318 g/mol. The van der Waals surface area contributed by atoms with E-state index in [1.54, 1.807) is 14.2 Å². The maximum Gasteiger partial charge on any atom is 0.483 e. The Morgan fingerprint density at radius 3 is 2.43 bits per heavy atom. The Labute approximate surface area is 127 Å². The van der Waals surface area contributed by atoms with Gasteiger partial charge in [0.15, 0.2) is 0 Å². The van der Waals surface area contributed by atoms with Crippen molar-refractivity contribution >= 4 is 9.53 Å². The summed E-state index contributed by atoms with van der Waals surface area (Å²) in [6.07, 6.45) is 4.51. The van der Waals surface area contributed by atoms with Crippen LogP contribution in [0.2, 0.25) is 0 Å². The summed E-state index contributed by atoms with van der Waals surface area (Å²) in [4.78, 5) is 0. The monoisotopic (exact) mass is 318 g/mol. The fourth-order valence-electron chi connectivity index (χ4n) is 2.11. The van der Waals surface area contributed by atoms with E-state index in [0.717, 1.165) is 31.7 Å². The molecule has 0 spiro atoms. The lowest BCUT2D eigenvalue weighted by Gasteiger charge is -2.17. The highest BCUT2D eigenvalue weighted by Gasteiger charge is 2.15. The Morgan fingerprint density at radius 2 is 1.81 bits per heavy atom. The number of aryl methyl sites for hydroxylation is 1. The van der Waals surface area contributed by atoms with Crippen molar-refractivity contribution in [3.05, 3.63) is 35.4 Å². The van der Waals surface area contributed by atoms with E-state index >= 15 is 0 Å². The van der Waals surface area contributed by atoms with Gasteiger partial charge >= 0.3 is 9.53 Å². The average Bonchev–Trinajstić information content (AvgIpc) is 2.46. The molecule has 21 heavy (non-hydrogen) atoms. The number of benzene rings is 1. The van der Waals surface area contributed by atoms with Gasteiger partial charge in [0.05, 0.1) is 0 Å². The smallest absolute Gasteiger partial charge is 0.379 e. The van der Waals surface area contributed by atoms with Crippen LogP contribution in [0.15, 0.2) is 18.2 Å². The van der Waals surface area contributed by atoms with Crippen LogP contribution in [0.1, 0.15) is 38.2 Å². The van der Waals surface area contributed by atoms with Crippen molar-refractivity contribution < 1.29 is 22.1 Å². The van der Waals surface area contributed by atoms with Crippen molar-refractivity contribution in [2.45, 2.75) is 45.1 Å². The normalized spacial score (nSPS) is 12.9. The Balaban J connectivity index is 2.16. The molecule has 0 amide bonds. The van der Waals surface area contributed by atoms with Crippen molar-refractivity contribution in [3.63, 3.8) is 0 Å². The van der Waals surface area contributed by atoms with Gasteiger partial charge in [-0.3, -0.25) is 0 Å². The highest BCUT2D eigenvalue weighted by atomic mass is 28.3. The molecule has 6 heteroatoms. The second-order valence-electron chi connectivity index (χ2n) is 5.04. The SMILES string of the molecule is CO[SiH](OC)OC(C)CCCCCc1ccc(F)cc1F. The third-order valence-electron chi connectivity index (χ3n) is 3.30. The summed E-state index contributed by atoms with van der Waals surface area (Å²) in [5, 5.41) is 0. The minimum atomic E-state index is -1.95. The third-order valence-corrected chi connectivity index (χ3v) is 4.76. The van der Waals surface area contributed by atoms with Crippen molar-refractivity contribution in [2.75, 3.05) is 14.2 Å². The molecule has 1 unspecified atom stereocenters. The summed E-state index contributed by atoms with van der Waals surface area (Å²) in [5.74, 6) is -0.988. The van der Waals surface area contributed by atoms with Gasteiger partial charge in [0, 0.05) is 26.4 Å². The van der Waals surface area contributed by atoms with Gasteiger partial charge in [-0.15, -0.1) is 0 Å². The van der Waals surface area contributed by atoms with Gasteiger partial charge in [-0.1, -0.05) is 18.9 Å². The van der Waals surface area contributed by atoms with Crippen LogP contribution in [0, 0.1) is 11.6 Å². The second-order valence-corrected chi connectivity index (χ2v) is 6.83. The minimum Gasteiger partial charge on any atom is -0.379 e. The molecule has 0 heterocycles. The molecule has 0 saturated carbocycles. The van der Waals surface area contributed by atoms with Crippen molar-refractivity contribution in [3.8, 4) is 0 Å². The van der Waals surface area contributed by atoms with Gasteiger partial charge in [0.25, 0.3) is 0 Å². The molecule has 1 aromatic rings. The lowest BCUT2D eigenvalue weighted by Crippen LogP contribution is -2.28. The molecule has 1 atom stereocenters. The van der Waals surface area contributed by atoms with Crippen molar-refractivity contribution in [1.29, 1.82) is 0 Å². The van der Waals surface area contributed by atoms with Crippen LogP contribution < -0.4 is 0 Å². The van der Waals surface area contributed by atoms with Crippen LogP contribution >= 0.6 is 0 Å². The molecular formula is C15H24F2O3Si. The number of unbranched alkanes of at least 4 members (excludes halogenated alkanes) is 2. The van der Waals surface area contributed by atoms with Crippen molar-refractivity contribution in [2.24, 2.45) is 0 Å². The predicted molar refractivity (Wildman–Crippen MR) is 80.2 cm³/mol. The van der Waals surface area contributed by atoms with Crippen LogP contribution in [0.5, 0.6) is 0 Å². The first kappa shape index (κ1) is 18.2. The number of hydrogen-bond acceptors (Lipinski definition) is 3. The zero-order valence-corrected chi connectivity index (χ0v) is 14.1. The molecule has 3 nitrogen and oxygen atoms in total. The molecule has 0 aliphatic carbocycles. The van der Waals surface area contributed by atoms with Crippen LogP contribution in [-0.4, -0.2) is 29.9 Å². The molecule has 0 radical (unpaired) electrons. The lowest BCUT2D eigenvalue weighted by molar-refractivity contribution is 0.0893. The maximum absolute atomic E-state index is 13.4. The topological polar surface area (TPSA) is 27.7 Å². The Kier molecular flexibility index (Phi) is 8.68. The first-order chi connectivity index (χ1) is 10.1. The first-order valence-electron chi connectivity index (χ1n) is 7.21. The standard InChI is InChI=1S/C15H24F2O3Si/c1-12(20-21(18-2)19-3)7-5-4-6-8-13-9-10-14(16)11-15(13)17/h9-12,21H,4-8H2,1-3H3. The Morgan fingerprint density at radius 1 is 1.10 bits per heavy atom. The van der Waals surface area contributed by atoms with Crippen LogP contribution in [0.25, 0.3) is 0 Å². The number of halogens is 2. The van der Waals surface area contributed by atoms with E-state index in [-0.39, 0.29) is 6.10 Å². The van der Waals surface area contributed by atoms with Gasteiger partial charge in [0.1, 0.15) is 11.6 Å². The highest BCUT2D eigenvalue weighted by Crippen LogP contribution is 2.14. The molecule has 1 rings (SSSR count). The maximum atomic E-state index is 13.4. The summed E-state index contributed by atoms with van der Waals surface area (Å²) in [5.41, 5.74) is 0.576. The number of hydrogen-bond donors (Lipinski definition) is 0. The second kappa shape index (κ2) is 10.00. The Hall–Kier alpha value is -0.823. The van der Waals surface area contributed by atoms with Gasteiger partial charge in [-0.2, -0.15) is 0 Å². The lowest BCUT2D eigenvalue weighted by atomic mass is 10.0. The van der Waals surface area contributed by atoms with Gasteiger partial charge < -0.3 is 13.3 Å². The predicted octanol–water partition coefficient (Wildman–Crippen LogP) is 3.48. The van der Waals surface area contributed by atoms with Crippen LogP contribution in [0.3, 0.4) is 0 Å².